The standard InChI is InChI=1S/C10H13N5OS/c1-6-13-14-10(15(6)12)17-9-4-3-7(16-2)5-8(9)11/h3-5H,11-12H2,1-2H3. The second-order valence-corrected chi connectivity index (χ2v) is 4.41. The number of nitrogens with two attached hydrogens (primary N) is 2. The summed E-state index contributed by atoms with van der Waals surface area (Å²) in [6, 6.07) is 5.46. The Bertz CT molecular complexity index is 539. The molecule has 90 valence electrons. The predicted octanol–water partition coefficient (Wildman–Crippen LogP) is 1.04. The number of nitrogens with zero attached hydrogens (tertiary/aromatic N) is 3. The van der Waals surface area contributed by atoms with Crippen molar-refractivity contribution >= 4 is 17.4 Å². The fourth-order valence-electron chi connectivity index (χ4n) is 1.26. The van der Waals surface area contributed by atoms with Crippen LogP contribution in [0.5, 0.6) is 5.75 Å². The van der Waals surface area contributed by atoms with E-state index in [0.717, 1.165) is 10.6 Å². The lowest BCUT2D eigenvalue weighted by molar-refractivity contribution is 0.415. The molecule has 1 aromatic heterocycles. The van der Waals surface area contributed by atoms with Crippen molar-refractivity contribution in [1.29, 1.82) is 0 Å². The first-order valence-corrected chi connectivity index (χ1v) is 5.72. The molecule has 6 nitrogen and oxygen atoms in total. The van der Waals surface area contributed by atoms with Gasteiger partial charge in [-0.05, 0) is 30.8 Å². The first-order valence-electron chi connectivity index (χ1n) is 4.90. The minimum atomic E-state index is 0.597. The van der Waals surface area contributed by atoms with Gasteiger partial charge >= 0.3 is 0 Å². The molecule has 0 unspecified atom stereocenters. The van der Waals surface area contributed by atoms with Gasteiger partial charge in [-0.3, -0.25) is 0 Å². The highest BCUT2D eigenvalue weighted by atomic mass is 32.2. The molecular weight excluding hydrogens is 238 g/mol. The van der Waals surface area contributed by atoms with Crippen molar-refractivity contribution in [3.63, 3.8) is 0 Å². The predicted molar refractivity (Wildman–Crippen MR) is 66.4 cm³/mol. The SMILES string of the molecule is COc1ccc(Sc2nnc(C)n2N)c(N)c1. The molecule has 17 heavy (non-hydrogen) atoms. The number of ether oxygens (including phenoxy) is 1. The molecular formula is C10H13N5OS. The fraction of sp³-hybridized carbons (Fsp3) is 0.200. The van der Waals surface area contributed by atoms with Gasteiger partial charge in [-0.25, -0.2) is 4.68 Å². The maximum absolute atomic E-state index is 5.90. The average molecular weight is 251 g/mol. The van der Waals surface area contributed by atoms with Crippen LogP contribution in [0.15, 0.2) is 28.3 Å². The summed E-state index contributed by atoms with van der Waals surface area (Å²) in [6.45, 7) is 1.79. The number of aryl methyl sites for hydroxylation is 1. The summed E-state index contributed by atoms with van der Waals surface area (Å²) in [6.07, 6.45) is 0. The molecule has 2 aromatic rings. The molecule has 1 aromatic carbocycles. The van der Waals surface area contributed by atoms with Gasteiger partial charge in [0.25, 0.3) is 0 Å². The van der Waals surface area contributed by atoms with Crippen LogP contribution in [0.4, 0.5) is 5.69 Å². The van der Waals surface area contributed by atoms with Gasteiger partial charge in [0.05, 0.1) is 7.11 Å². The van der Waals surface area contributed by atoms with Gasteiger partial charge in [0, 0.05) is 16.6 Å². The number of anilines is 1. The van der Waals surface area contributed by atoms with Crippen LogP contribution in [0, 0.1) is 6.92 Å². The highest BCUT2D eigenvalue weighted by Gasteiger charge is 2.10. The van der Waals surface area contributed by atoms with Crippen molar-refractivity contribution < 1.29 is 4.74 Å². The smallest absolute Gasteiger partial charge is 0.214 e. The van der Waals surface area contributed by atoms with Crippen LogP contribution < -0.4 is 16.3 Å². The van der Waals surface area contributed by atoms with E-state index in [1.54, 1.807) is 20.1 Å². The lowest BCUT2D eigenvalue weighted by atomic mass is 10.3. The van der Waals surface area contributed by atoms with Gasteiger partial charge in [0.2, 0.25) is 5.16 Å². The Balaban J connectivity index is 2.27. The van der Waals surface area contributed by atoms with Gasteiger partial charge in [0.1, 0.15) is 11.6 Å². The van der Waals surface area contributed by atoms with Crippen molar-refractivity contribution in [2.45, 2.75) is 17.0 Å². The molecule has 0 amide bonds. The molecule has 0 radical (unpaired) electrons. The van der Waals surface area contributed by atoms with Gasteiger partial charge in [-0.1, -0.05) is 0 Å². The highest BCUT2D eigenvalue weighted by Crippen LogP contribution is 2.32. The molecule has 0 saturated carbocycles. The zero-order valence-electron chi connectivity index (χ0n) is 9.54. The number of nitrogen functional groups attached to an aromatic ring is 2. The van der Waals surface area contributed by atoms with E-state index in [4.69, 9.17) is 16.3 Å². The molecule has 0 saturated heterocycles. The van der Waals surface area contributed by atoms with Crippen LogP contribution in [0.25, 0.3) is 0 Å². The van der Waals surface area contributed by atoms with Gasteiger partial charge in [-0.15, -0.1) is 10.2 Å². The van der Waals surface area contributed by atoms with Crippen LogP contribution in [0.1, 0.15) is 5.82 Å². The Labute approximate surface area is 103 Å². The van der Waals surface area contributed by atoms with E-state index >= 15 is 0 Å². The van der Waals surface area contributed by atoms with Crippen LogP contribution in [0.3, 0.4) is 0 Å². The Hall–Kier alpha value is -1.89. The van der Waals surface area contributed by atoms with Gasteiger partial charge in [-0.2, -0.15) is 0 Å². The summed E-state index contributed by atoms with van der Waals surface area (Å²) >= 11 is 1.36. The number of benzene rings is 1. The zero-order valence-corrected chi connectivity index (χ0v) is 10.4. The molecule has 0 bridgehead atoms. The van der Waals surface area contributed by atoms with E-state index in [1.165, 1.54) is 16.4 Å². The largest absolute Gasteiger partial charge is 0.497 e. The minimum absolute atomic E-state index is 0.597. The Morgan fingerprint density at radius 1 is 1.35 bits per heavy atom. The quantitative estimate of drug-likeness (QED) is 0.625. The van der Waals surface area contributed by atoms with E-state index in [9.17, 15) is 0 Å². The summed E-state index contributed by atoms with van der Waals surface area (Å²) in [5, 5.41) is 8.43. The third-order valence-electron chi connectivity index (χ3n) is 2.25. The van der Waals surface area contributed by atoms with Crippen molar-refractivity contribution in [2.24, 2.45) is 0 Å². The van der Waals surface area contributed by atoms with Crippen molar-refractivity contribution in [3.8, 4) is 5.75 Å². The lowest BCUT2D eigenvalue weighted by Gasteiger charge is -2.06. The van der Waals surface area contributed by atoms with Crippen LogP contribution in [-0.4, -0.2) is 22.0 Å². The monoisotopic (exact) mass is 251 g/mol. The molecule has 2 rings (SSSR count). The van der Waals surface area contributed by atoms with E-state index in [2.05, 4.69) is 10.2 Å². The van der Waals surface area contributed by atoms with Gasteiger partial charge in [0.15, 0.2) is 0 Å². The molecule has 0 aliphatic rings. The maximum atomic E-state index is 5.90. The van der Waals surface area contributed by atoms with Crippen LogP contribution in [-0.2, 0) is 0 Å². The molecule has 0 aliphatic heterocycles. The summed E-state index contributed by atoms with van der Waals surface area (Å²) in [5.41, 5.74) is 6.52. The molecule has 0 atom stereocenters. The van der Waals surface area contributed by atoms with Gasteiger partial charge < -0.3 is 16.3 Å². The topological polar surface area (TPSA) is 92.0 Å². The minimum Gasteiger partial charge on any atom is -0.497 e. The highest BCUT2D eigenvalue weighted by molar-refractivity contribution is 7.99. The normalized spacial score (nSPS) is 10.5. The van der Waals surface area contributed by atoms with E-state index in [1.807, 2.05) is 12.1 Å². The number of rotatable bonds is 3. The second kappa shape index (κ2) is 4.54. The van der Waals surface area contributed by atoms with E-state index in [0.29, 0.717) is 16.7 Å². The summed E-state index contributed by atoms with van der Waals surface area (Å²) in [4.78, 5) is 0.866. The Morgan fingerprint density at radius 2 is 2.12 bits per heavy atom. The molecule has 4 N–H and O–H groups in total. The molecule has 7 heteroatoms. The number of hydrogen-bond donors (Lipinski definition) is 2. The maximum Gasteiger partial charge on any atom is 0.214 e. The Kier molecular flexibility index (Phi) is 3.10. The summed E-state index contributed by atoms with van der Waals surface area (Å²) < 4.78 is 6.51. The average Bonchev–Trinajstić information content (AvgIpc) is 2.63. The van der Waals surface area contributed by atoms with Crippen LogP contribution in [0.2, 0.25) is 0 Å². The summed E-state index contributed by atoms with van der Waals surface area (Å²) in [5.74, 6) is 7.13. The van der Waals surface area contributed by atoms with Crippen LogP contribution >= 0.6 is 11.8 Å². The lowest BCUT2D eigenvalue weighted by Crippen LogP contribution is -2.11. The first kappa shape index (κ1) is 11.6. The second-order valence-electron chi connectivity index (χ2n) is 3.41. The number of hydrogen-bond acceptors (Lipinski definition) is 6. The molecule has 0 fully saturated rings. The third kappa shape index (κ3) is 2.28. The molecule has 0 spiro atoms. The number of methoxy groups -OCH3 is 1. The third-order valence-corrected chi connectivity index (χ3v) is 3.31. The van der Waals surface area contributed by atoms with E-state index < -0.39 is 0 Å². The summed E-state index contributed by atoms with van der Waals surface area (Å²) in [7, 11) is 1.60. The van der Waals surface area contributed by atoms with Crippen molar-refractivity contribution in [3.05, 3.63) is 24.0 Å². The zero-order chi connectivity index (χ0) is 12.4. The Morgan fingerprint density at radius 3 is 2.65 bits per heavy atom. The van der Waals surface area contributed by atoms with Crippen molar-refractivity contribution in [2.75, 3.05) is 18.7 Å². The van der Waals surface area contributed by atoms with Crippen molar-refractivity contribution in [1.82, 2.24) is 14.9 Å². The van der Waals surface area contributed by atoms with E-state index in [-0.39, 0.29) is 0 Å². The number of aromatic nitrogens is 3. The molecule has 1 heterocycles. The fourth-order valence-corrected chi connectivity index (χ4v) is 2.09. The molecule has 0 aliphatic carbocycles. The first-order chi connectivity index (χ1) is 8.11.